The summed E-state index contributed by atoms with van der Waals surface area (Å²) in [5, 5.41) is 28.8. The predicted octanol–water partition coefficient (Wildman–Crippen LogP) is 0.468. The van der Waals surface area contributed by atoms with Gasteiger partial charge in [0.1, 0.15) is 5.72 Å². The van der Waals surface area contributed by atoms with E-state index in [4.69, 9.17) is 5.26 Å². The van der Waals surface area contributed by atoms with E-state index in [-0.39, 0.29) is 0 Å². The third kappa shape index (κ3) is 3.52. The summed E-state index contributed by atoms with van der Waals surface area (Å²) in [7, 11) is 5.39. The second-order valence-electron chi connectivity index (χ2n) is 4.81. The van der Waals surface area contributed by atoms with Gasteiger partial charge in [0, 0.05) is 6.42 Å². The van der Waals surface area contributed by atoms with Gasteiger partial charge < -0.3 is 15.7 Å². The van der Waals surface area contributed by atoms with Crippen LogP contribution in [0.15, 0.2) is 24.3 Å². The largest absolute Gasteiger partial charge is 0.371 e. The van der Waals surface area contributed by atoms with Gasteiger partial charge in [0.2, 0.25) is 0 Å². The molecule has 5 heteroatoms. The molecule has 4 N–H and O–H groups in total. The topological polar surface area (TPSA) is 80.1 Å². The van der Waals surface area contributed by atoms with Crippen molar-refractivity contribution in [3.05, 3.63) is 35.4 Å². The van der Waals surface area contributed by atoms with Gasteiger partial charge in [-0.1, -0.05) is 12.1 Å². The van der Waals surface area contributed by atoms with Gasteiger partial charge in [0.15, 0.2) is 0 Å². The van der Waals surface area contributed by atoms with Gasteiger partial charge in [-0.3, -0.25) is 5.32 Å². The lowest BCUT2D eigenvalue weighted by atomic mass is 9.91. The molecule has 0 aliphatic rings. The monoisotopic (exact) mass is 262 g/mol. The lowest BCUT2D eigenvalue weighted by Gasteiger charge is -2.38. The summed E-state index contributed by atoms with van der Waals surface area (Å²) < 4.78 is 0. The lowest BCUT2D eigenvalue weighted by molar-refractivity contribution is -0.0283. The summed E-state index contributed by atoms with van der Waals surface area (Å²) in [5.41, 5.74) is -0.279. The van der Waals surface area contributed by atoms with E-state index in [0.717, 1.165) is 5.56 Å². The molecule has 1 unspecified atom stereocenters. The standard InChI is InChI=1S/C14H22N4O/c1-13(16-2,17-3)10-14(19,18-4)12-7-5-11(9-15)6-8-12/h5-8,16-19H,10H2,1-4H3. The molecule has 0 fully saturated rings. The quantitative estimate of drug-likeness (QED) is 0.560. The van der Waals surface area contributed by atoms with Crippen molar-refractivity contribution in [2.75, 3.05) is 21.1 Å². The minimum Gasteiger partial charge on any atom is -0.371 e. The highest BCUT2D eigenvalue weighted by atomic mass is 16.3. The Morgan fingerprint density at radius 3 is 2.00 bits per heavy atom. The van der Waals surface area contributed by atoms with Gasteiger partial charge in [-0.25, -0.2) is 0 Å². The number of rotatable bonds is 6. The van der Waals surface area contributed by atoms with Gasteiger partial charge >= 0.3 is 0 Å². The zero-order valence-corrected chi connectivity index (χ0v) is 11.9. The first-order valence-corrected chi connectivity index (χ1v) is 6.23. The molecule has 1 aromatic rings. The number of nitrogens with one attached hydrogen (secondary N) is 3. The maximum Gasteiger partial charge on any atom is 0.144 e. The van der Waals surface area contributed by atoms with Crippen LogP contribution in [-0.4, -0.2) is 31.9 Å². The minimum absolute atomic E-state index is 0.411. The number of nitrogens with zero attached hydrogens (tertiary/aromatic N) is 1. The fourth-order valence-corrected chi connectivity index (χ4v) is 1.97. The average molecular weight is 262 g/mol. The maximum absolute atomic E-state index is 10.8. The molecular weight excluding hydrogens is 240 g/mol. The van der Waals surface area contributed by atoms with E-state index in [1.165, 1.54) is 0 Å². The van der Waals surface area contributed by atoms with Crippen molar-refractivity contribution in [3.63, 3.8) is 0 Å². The van der Waals surface area contributed by atoms with E-state index in [9.17, 15) is 5.11 Å². The molecule has 19 heavy (non-hydrogen) atoms. The molecule has 0 aliphatic carbocycles. The molecule has 1 atom stereocenters. The first-order valence-electron chi connectivity index (χ1n) is 6.23. The Labute approximate surface area is 114 Å². The van der Waals surface area contributed by atoms with Crippen LogP contribution in [0.3, 0.4) is 0 Å². The third-order valence-corrected chi connectivity index (χ3v) is 3.62. The smallest absolute Gasteiger partial charge is 0.144 e. The molecule has 104 valence electrons. The van der Waals surface area contributed by atoms with Gasteiger partial charge in [-0.05, 0) is 45.8 Å². The number of hydrogen-bond acceptors (Lipinski definition) is 5. The Kier molecular flexibility index (Phi) is 5.04. The van der Waals surface area contributed by atoms with Crippen molar-refractivity contribution >= 4 is 0 Å². The minimum atomic E-state index is -1.17. The summed E-state index contributed by atoms with van der Waals surface area (Å²) >= 11 is 0. The van der Waals surface area contributed by atoms with E-state index in [0.29, 0.717) is 12.0 Å². The van der Waals surface area contributed by atoms with E-state index in [1.54, 1.807) is 31.3 Å². The molecule has 1 aromatic carbocycles. The molecule has 0 saturated heterocycles. The Bertz CT molecular complexity index is 448. The van der Waals surface area contributed by atoms with Crippen molar-refractivity contribution in [1.29, 1.82) is 5.26 Å². The molecule has 0 bridgehead atoms. The fourth-order valence-electron chi connectivity index (χ4n) is 1.97. The van der Waals surface area contributed by atoms with E-state index in [2.05, 4.69) is 22.0 Å². The van der Waals surface area contributed by atoms with Crippen LogP contribution in [0.25, 0.3) is 0 Å². The normalized spacial score (nSPS) is 14.7. The van der Waals surface area contributed by atoms with Gasteiger partial charge in [0.05, 0.1) is 17.3 Å². The van der Waals surface area contributed by atoms with Crippen LogP contribution in [0.2, 0.25) is 0 Å². The highest BCUT2D eigenvalue weighted by Crippen LogP contribution is 2.26. The van der Waals surface area contributed by atoms with E-state index in [1.807, 2.05) is 21.0 Å². The third-order valence-electron chi connectivity index (χ3n) is 3.62. The van der Waals surface area contributed by atoms with Gasteiger partial charge in [0.25, 0.3) is 0 Å². The number of nitriles is 1. The summed E-state index contributed by atoms with van der Waals surface area (Å²) in [6, 6.07) is 9.00. The zero-order valence-electron chi connectivity index (χ0n) is 11.9. The average Bonchev–Trinajstić information content (AvgIpc) is 2.47. The van der Waals surface area contributed by atoms with Crippen LogP contribution >= 0.6 is 0 Å². The molecule has 0 saturated carbocycles. The summed E-state index contributed by atoms with van der Waals surface area (Å²) in [4.78, 5) is 0. The Morgan fingerprint density at radius 2 is 1.63 bits per heavy atom. The number of hydrogen-bond donors (Lipinski definition) is 4. The van der Waals surface area contributed by atoms with Crippen LogP contribution in [-0.2, 0) is 5.72 Å². The summed E-state index contributed by atoms with van der Waals surface area (Å²) in [6.45, 7) is 1.97. The van der Waals surface area contributed by atoms with Gasteiger partial charge in [-0.15, -0.1) is 0 Å². The Morgan fingerprint density at radius 1 is 1.11 bits per heavy atom. The first-order chi connectivity index (χ1) is 8.93. The second-order valence-corrected chi connectivity index (χ2v) is 4.81. The molecule has 0 aliphatic heterocycles. The molecular formula is C14H22N4O. The molecule has 0 aromatic heterocycles. The molecule has 0 heterocycles. The summed E-state index contributed by atoms with van der Waals surface area (Å²) in [5.74, 6) is 0. The van der Waals surface area contributed by atoms with Crippen molar-refractivity contribution in [1.82, 2.24) is 16.0 Å². The molecule has 5 nitrogen and oxygen atoms in total. The SMILES string of the molecule is CNC(C)(CC(O)(NC)c1ccc(C#N)cc1)NC. The van der Waals surface area contributed by atoms with Crippen LogP contribution in [0.1, 0.15) is 24.5 Å². The van der Waals surface area contributed by atoms with Gasteiger partial charge in [-0.2, -0.15) is 5.26 Å². The van der Waals surface area contributed by atoms with Crippen LogP contribution in [0, 0.1) is 11.3 Å². The van der Waals surface area contributed by atoms with Crippen LogP contribution in [0.5, 0.6) is 0 Å². The molecule has 1 rings (SSSR count). The highest BCUT2D eigenvalue weighted by Gasteiger charge is 2.35. The lowest BCUT2D eigenvalue weighted by Crippen LogP contribution is -2.58. The van der Waals surface area contributed by atoms with Crippen molar-refractivity contribution in [3.8, 4) is 6.07 Å². The van der Waals surface area contributed by atoms with Crippen LogP contribution < -0.4 is 16.0 Å². The van der Waals surface area contributed by atoms with Crippen molar-refractivity contribution in [2.45, 2.75) is 24.7 Å². The van der Waals surface area contributed by atoms with Crippen molar-refractivity contribution < 1.29 is 5.11 Å². The Balaban J connectivity index is 3.05. The fraction of sp³-hybridized carbons (Fsp3) is 0.500. The number of benzene rings is 1. The highest BCUT2D eigenvalue weighted by molar-refractivity contribution is 5.34. The number of aliphatic hydroxyl groups is 1. The van der Waals surface area contributed by atoms with Crippen LogP contribution in [0.4, 0.5) is 0 Å². The molecule has 0 amide bonds. The Hall–Kier alpha value is -1.45. The second kappa shape index (κ2) is 6.13. The van der Waals surface area contributed by atoms with E-state index >= 15 is 0 Å². The zero-order chi connectivity index (χ0) is 14.5. The molecule has 0 radical (unpaired) electrons. The van der Waals surface area contributed by atoms with Crippen molar-refractivity contribution in [2.24, 2.45) is 0 Å². The predicted molar refractivity (Wildman–Crippen MR) is 75.3 cm³/mol. The summed E-state index contributed by atoms with van der Waals surface area (Å²) in [6.07, 6.45) is 0.426. The first kappa shape index (κ1) is 15.6. The van der Waals surface area contributed by atoms with E-state index < -0.39 is 11.4 Å². The maximum atomic E-state index is 10.8. The molecule has 0 spiro atoms.